The topological polar surface area (TPSA) is 22.1 Å². The molecule has 1 aromatic heterocycles. The molecule has 0 spiro atoms. The molecule has 2 aromatic rings. The van der Waals surface area contributed by atoms with Crippen molar-refractivity contribution in [3.05, 3.63) is 33.6 Å². The Bertz CT molecular complexity index is 428. The second-order valence-electron chi connectivity index (χ2n) is 2.72. The van der Waals surface area contributed by atoms with E-state index in [0.29, 0.717) is 0 Å². The fourth-order valence-electron chi connectivity index (χ4n) is 1.18. The number of nitrogens with zero attached hydrogens (tertiary/aromatic N) is 1. The predicted octanol–water partition coefficient (Wildman–Crippen LogP) is 3.58. The molecule has 4 heteroatoms. The van der Waals surface area contributed by atoms with Gasteiger partial charge >= 0.3 is 0 Å². The third-order valence-corrected chi connectivity index (χ3v) is 3.09. The van der Waals surface area contributed by atoms with Gasteiger partial charge in [0.1, 0.15) is 5.75 Å². The van der Waals surface area contributed by atoms with Crippen LogP contribution in [0.4, 0.5) is 0 Å². The summed E-state index contributed by atoms with van der Waals surface area (Å²) in [7, 11) is 1.66. The summed E-state index contributed by atoms with van der Waals surface area (Å²) in [4.78, 5) is 4.24. The summed E-state index contributed by atoms with van der Waals surface area (Å²) < 4.78 is 6.10. The van der Waals surface area contributed by atoms with Crippen molar-refractivity contribution in [3.63, 3.8) is 0 Å². The second-order valence-corrected chi connectivity index (χ2v) is 4.30. The van der Waals surface area contributed by atoms with Crippen LogP contribution in [0.3, 0.4) is 0 Å². The first-order chi connectivity index (χ1) is 6.81. The summed E-state index contributed by atoms with van der Waals surface area (Å²) in [6.45, 7) is 0. The molecule has 0 atom stereocenters. The summed E-state index contributed by atoms with van der Waals surface area (Å²) in [5.41, 5.74) is 3.92. The van der Waals surface area contributed by atoms with Crippen molar-refractivity contribution in [2.45, 2.75) is 0 Å². The van der Waals surface area contributed by atoms with Gasteiger partial charge in [0.25, 0.3) is 0 Å². The third kappa shape index (κ3) is 1.81. The molecule has 0 aliphatic heterocycles. The molecule has 0 aliphatic carbocycles. The first kappa shape index (κ1) is 9.68. The average molecular weight is 270 g/mol. The maximum atomic E-state index is 5.15. The van der Waals surface area contributed by atoms with Crippen LogP contribution < -0.4 is 4.74 Å². The zero-order chi connectivity index (χ0) is 9.97. The molecule has 72 valence electrons. The van der Waals surface area contributed by atoms with Gasteiger partial charge in [0.15, 0.2) is 0 Å². The lowest BCUT2D eigenvalue weighted by Crippen LogP contribution is -1.85. The quantitative estimate of drug-likeness (QED) is 0.832. The van der Waals surface area contributed by atoms with E-state index in [1.807, 2.05) is 29.1 Å². The van der Waals surface area contributed by atoms with E-state index in [0.717, 1.165) is 21.5 Å². The summed E-state index contributed by atoms with van der Waals surface area (Å²) in [5.74, 6) is 0.837. The Labute approximate surface area is 94.7 Å². The number of ether oxygens (including phenoxy) is 1. The Hall–Kier alpha value is -0.870. The lowest BCUT2D eigenvalue weighted by atomic mass is 10.2. The van der Waals surface area contributed by atoms with Gasteiger partial charge in [0.05, 0.1) is 22.8 Å². The molecular weight excluding hydrogens is 262 g/mol. The van der Waals surface area contributed by atoms with Gasteiger partial charge in [-0.2, -0.15) is 0 Å². The van der Waals surface area contributed by atoms with Gasteiger partial charge in [0.2, 0.25) is 0 Å². The molecule has 0 aliphatic rings. The Morgan fingerprint density at radius 3 is 2.86 bits per heavy atom. The molecule has 0 unspecified atom stereocenters. The molecule has 0 N–H and O–H groups in total. The fraction of sp³-hybridized carbons (Fsp3) is 0.100. The number of benzene rings is 1. The van der Waals surface area contributed by atoms with Crippen LogP contribution in [0, 0.1) is 0 Å². The third-order valence-electron chi connectivity index (χ3n) is 1.88. The van der Waals surface area contributed by atoms with E-state index in [1.54, 1.807) is 18.4 Å². The molecule has 0 saturated carbocycles. The minimum Gasteiger partial charge on any atom is -0.496 e. The number of hydrogen-bond donors (Lipinski definition) is 0. The van der Waals surface area contributed by atoms with Crippen LogP contribution in [0.2, 0.25) is 0 Å². The van der Waals surface area contributed by atoms with E-state index in [4.69, 9.17) is 4.74 Å². The van der Waals surface area contributed by atoms with Gasteiger partial charge in [0, 0.05) is 10.9 Å². The van der Waals surface area contributed by atoms with Crippen LogP contribution >= 0.6 is 27.3 Å². The minimum atomic E-state index is 0.837. The molecule has 1 aromatic carbocycles. The molecule has 0 radical (unpaired) electrons. The SMILES string of the molecule is COc1ccc(-c2cscn2)cc1Br. The molecule has 0 bridgehead atoms. The number of rotatable bonds is 2. The van der Waals surface area contributed by atoms with Crippen LogP contribution in [0.5, 0.6) is 5.75 Å². The number of aromatic nitrogens is 1. The zero-order valence-electron chi connectivity index (χ0n) is 7.53. The highest BCUT2D eigenvalue weighted by atomic mass is 79.9. The predicted molar refractivity (Wildman–Crippen MR) is 61.8 cm³/mol. The molecule has 0 amide bonds. The van der Waals surface area contributed by atoms with Crippen LogP contribution in [-0.2, 0) is 0 Å². The van der Waals surface area contributed by atoms with E-state index in [1.165, 1.54) is 0 Å². The van der Waals surface area contributed by atoms with Crippen LogP contribution in [-0.4, -0.2) is 12.1 Å². The summed E-state index contributed by atoms with van der Waals surface area (Å²) in [5, 5.41) is 2.02. The number of thiazole rings is 1. The molecule has 2 rings (SSSR count). The summed E-state index contributed by atoms with van der Waals surface area (Å²) >= 11 is 5.04. The number of halogens is 1. The number of hydrogen-bond acceptors (Lipinski definition) is 3. The summed E-state index contributed by atoms with van der Waals surface area (Å²) in [6.07, 6.45) is 0. The van der Waals surface area contributed by atoms with Gasteiger partial charge in [-0.25, -0.2) is 4.98 Å². The van der Waals surface area contributed by atoms with Crippen LogP contribution in [0.15, 0.2) is 33.6 Å². The standard InChI is InChI=1S/C10H8BrNOS/c1-13-10-3-2-7(4-8(10)11)9-5-14-6-12-9/h2-6H,1H3. The van der Waals surface area contributed by atoms with E-state index in [-0.39, 0.29) is 0 Å². The largest absolute Gasteiger partial charge is 0.496 e. The average Bonchev–Trinajstić information content (AvgIpc) is 2.70. The van der Waals surface area contributed by atoms with E-state index < -0.39 is 0 Å². The van der Waals surface area contributed by atoms with Crippen molar-refractivity contribution in [1.82, 2.24) is 4.98 Å². The Balaban J connectivity index is 2.43. The van der Waals surface area contributed by atoms with Gasteiger partial charge in [-0.1, -0.05) is 0 Å². The van der Waals surface area contributed by atoms with Crippen molar-refractivity contribution in [3.8, 4) is 17.0 Å². The van der Waals surface area contributed by atoms with Crippen molar-refractivity contribution in [1.29, 1.82) is 0 Å². The Morgan fingerprint density at radius 1 is 1.43 bits per heavy atom. The maximum Gasteiger partial charge on any atom is 0.133 e. The Kier molecular flexibility index (Phi) is 2.84. The highest BCUT2D eigenvalue weighted by Gasteiger charge is 2.04. The van der Waals surface area contributed by atoms with Gasteiger partial charge in [-0.3, -0.25) is 0 Å². The molecule has 2 nitrogen and oxygen atoms in total. The maximum absolute atomic E-state index is 5.15. The highest BCUT2D eigenvalue weighted by molar-refractivity contribution is 9.10. The smallest absolute Gasteiger partial charge is 0.133 e. The zero-order valence-corrected chi connectivity index (χ0v) is 9.93. The lowest BCUT2D eigenvalue weighted by Gasteiger charge is -2.04. The minimum absolute atomic E-state index is 0.837. The van der Waals surface area contributed by atoms with Crippen LogP contribution in [0.25, 0.3) is 11.3 Å². The van der Waals surface area contributed by atoms with Gasteiger partial charge in [-0.15, -0.1) is 11.3 Å². The highest BCUT2D eigenvalue weighted by Crippen LogP contribution is 2.30. The lowest BCUT2D eigenvalue weighted by molar-refractivity contribution is 0.412. The molecule has 14 heavy (non-hydrogen) atoms. The molecular formula is C10H8BrNOS. The van der Waals surface area contributed by atoms with Crippen molar-refractivity contribution in [2.24, 2.45) is 0 Å². The van der Waals surface area contributed by atoms with E-state index >= 15 is 0 Å². The summed E-state index contributed by atoms with van der Waals surface area (Å²) in [6, 6.07) is 5.94. The van der Waals surface area contributed by atoms with E-state index in [9.17, 15) is 0 Å². The molecule has 0 saturated heterocycles. The first-order valence-electron chi connectivity index (χ1n) is 4.03. The Morgan fingerprint density at radius 2 is 2.29 bits per heavy atom. The van der Waals surface area contributed by atoms with Crippen molar-refractivity contribution in [2.75, 3.05) is 7.11 Å². The van der Waals surface area contributed by atoms with Gasteiger partial charge in [-0.05, 0) is 34.1 Å². The number of methoxy groups -OCH3 is 1. The normalized spacial score (nSPS) is 10.1. The van der Waals surface area contributed by atoms with Crippen molar-refractivity contribution < 1.29 is 4.74 Å². The second kappa shape index (κ2) is 4.11. The van der Waals surface area contributed by atoms with Crippen molar-refractivity contribution >= 4 is 27.3 Å². The molecule has 0 fully saturated rings. The fourth-order valence-corrected chi connectivity index (χ4v) is 2.28. The first-order valence-corrected chi connectivity index (χ1v) is 5.77. The van der Waals surface area contributed by atoms with Gasteiger partial charge < -0.3 is 4.74 Å². The molecule has 1 heterocycles. The monoisotopic (exact) mass is 269 g/mol. The van der Waals surface area contributed by atoms with Crippen LogP contribution in [0.1, 0.15) is 0 Å². The van der Waals surface area contributed by atoms with E-state index in [2.05, 4.69) is 20.9 Å².